The van der Waals surface area contributed by atoms with Gasteiger partial charge in [-0.3, -0.25) is 0 Å². The molecule has 0 saturated carbocycles. The minimum absolute atomic E-state index is 0.0864. The number of halogens is 1. The number of aryl methyl sites for hydroxylation is 1. The third-order valence-electron chi connectivity index (χ3n) is 4.12. The van der Waals surface area contributed by atoms with E-state index >= 15 is 0 Å². The van der Waals surface area contributed by atoms with E-state index in [0.29, 0.717) is 0 Å². The Morgan fingerprint density at radius 1 is 1.23 bits per heavy atom. The SMILES string of the molecule is CCCCCNC(=O)N1CCN(c2ccc(Br)cc2C)CC1. The average molecular weight is 368 g/mol. The van der Waals surface area contributed by atoms with E-state index in [4.69, 9.17) is 0 Å². The van der Waals surface area contributed by atoms with E-state index in [2.05, 4.69) is 58.2 Å². The van der Waals surface area contributed by atoms with Crippen LogP contribution in [0.3, 0.4) is 0 Å². The molecule has 1 saturated heterocycles. The minimum atomic E-state index is 0.0864. The molecule has 22 heavy (non-hydrogen) atoms. The highest BCUT2D eigenvalue weighted by molar-refractivity contribution is 9.10. The fourth-order valence-electron chi connectivity index (χ4n) is 2.81. The van der Waals surface area contributed by atoms with Crippen molar-refractivity contribution in [1.29, 1.82) is 0 Å². The van der Waals surface area contributed by atoms with Gasteiger partial charge in [0.05, 0.1) is 0 Å². The molecule has 0 bridgehead atoms. The first-order valence-electron chi connectivity index (χ1n) is 8.15. The van der Waals surface area contributed by atoms with E-state index in [-0.39, 0.29) is 6.03 Å². The number of urea groups is 1. The first-order chi connectivity index (χ1) is 10.6. The lowest BCUT2D eigenvalue weighted by atomic mass is 10.1. The van der Waals surface area contributed by atoms with E-state index in [9.17, 15) is 4.79 Å². The summed E-state index contributed by atoms with van der Waals surface area (Å²) in [5.41, 5.74) is 2.54. The molecule has 0 aromatic heterocycles. The summed E-state index contributed by atoms with van der Waals surface area (Å²) < 4.78 is 1.11. The van der Waals surface area contributed by atoms with Gasteiger partial charge < -0.3 is 15.1 Å². The molecule has 0 atom stereocenters. The molecular formula is C17H26BrN3O. The summed E-state index contributed by atoms with van der Waals surface area (Å²) in [5.74, 6) is 0. The first-order valence-corrected chi connectivity index (χ1v) is 8.95. The fourth-order valence-corrected chi connectivity index (χ4v) is 3.28. The lowest BCUT2D eigenvalue weighted by molar-refractivity contribution is 0.194. The van der Waals surface area contributed by atoms with E-state index < -0.39 is 0 Å². The standard InChI is InChI=1S/C17H26BrN3O/c1-3-4-5-8-19-17(22)21-11-9-20(10-12-21)16-7-6-15(18)13-14(16)2/h6-7,13H,3-5,8-12H2,1-2H3,(H,19,22). The number of carbonyl (C=O) groups is 1. The molecular weight excluding hydrogens is 342 g/mol. The van der Waals surface area contributed by atoms with E-state index in [1.807, 2.05) is 4.90 Å². The molecule has 0 unspecified atom stereocenters. The zero-order chi connectivity index (χ0) is 15.9. The number of nitrogens with one attached hydrogen (secondary N) is 1. The number of piperazine rings is 1. The zero-order valence-electron chi connectivity index (χ0n) is 13.6. The smallest absolute Gasteiger partial charge is 0.317 e. The summed E-state index contributed by atoms with van der Waals surface area (Å²) >= 11 is 3.50. The van der Waals surface area contributed by atoms with Crippen LogP contribution < -0.4 is 10.2 Å². The Bertz CT molecular complexity index is 499. The van der Waals surface area contributed by atoms with Crippen molar-refractivity contribution in [2.75, 3.05) is 37.6 Å². The summed E-state index contributed by atoms with van der Waals surface area (Å²) in [7, 11) is 0. The Morgan fingerprint density at radius 3 is 2.59 bits per heavy atom. The Balaban J connectivity index is 1.81. The maximum Gasteiger partial charge on any atom is 0.317 e. The Morgan fingerprint density at radius 2 is 1.95 bits per heavy atom. The number of nitrogens with zero attached hydrogens (tertiary/aromatic N) is 2. The number of unbranched alkanes of at least 4 members (excludes halogenated alkanes) is 2. The highest BCUT2D eigenvalue weighted by atomic mass is 79.9. The number of carbonyl (C=O) groups excluding carboxylic acids is 1. The van der Waals surface area contributed by atoms with Crippen LogP contribution in [0.4, 0.5) is 10.5 Å². The van der Waals surface area contributed by atoms with Gasteiger partial charge in [0.25, 0.3) is 0 Å². The second-order valence-electron chi connectivity index (χ2n) is 5.84. The van der Waals surface area contributed by atoms with Crippen LogP contribution in [-0.2, 0) is 0 Å². The van der Waals surface area contributed by atoms with Gasteiger partial charge in [-0.05, 0) is 37.1 Å². The van der Waals surface area contributed by atoms with Crippen molar-refractivity contribution < 1.29 is 4.79 Å². The van der Waals surface area contributed by atoms with Gasteiger partial charge in [-0.2, -0.15) is 0 Å². The van der Waals surface area contributed by atoms with Crippen molar-refractivity contribution in [3.05, 3.63) is 28.2 Å². The second kappa shape index (κ2) is 8.42. The molecule has 122 valence electrons. The van der Waals surface area contributed by atoms with Gasteiger partial charge in [0.2, 0.25) is 0 Å². The Labute approximate surface area is 142 Å². The van der Waals surface area contributed by atoms with Crippen LogP contribution in [0.1, 0.15) is 31.7 Å². The molecule has 1 N–H and O–H groups in total. The number of hydrogen-bond donors (Lipinski definition) is 1. The van der Waals surface area contributed by atoms with E-state index in [1.54, 1.807) is 0 Å². The summed E-state index contributed by atoms with van der Waals surface area (Å²) in [5, 5.41) is 3.02. The van der Waals surface area contributed by atoms with Gasteiger partial charge in [-0.15, -0.1) is 0 Å². The molecule has 0 spiro atoms. The van der Waals surface area contributed by atoms with Gasteiger partial charge in [-0.25, -0.2) is 4.79 Å². The van der Waals surface area contributed by atoms with Crippen LogP contribution in [-0.4, -0.2) is 43.7 Å². The lowest BCUT2D eigenvalue weighted by Gasteiger charge is -2.36. The minimum Gasteiger partial charge on any atom is -0.368 e. The van der Waals surface area contributed by atoms with E-state index in [0.717, 1.165) is 43.6 Å². The predicted molar refractivity (Wildman–Crippen MR) is 95.6 cm³/mol. The largest absolute Gasteiger partial charge is 0.368 e. The fraction of sp³-hybridized carbons (Fsp3) is 0.588. The van der Waals surface area contributed by atoms with Crippen LogP contribution in [0.15, 0.2) is 22.7 Å². The highest BCUT2D eigenvalue weighted by Gasteiger charge is 2.21. The van der Waals surface area contributed by atoms with Crippen molar-refractivity contribution >= 4 is 27.6 Å². The van der Waals surface area contributed by atoms with Crippen molar-refractivity contribution in [2.45, 2.75) is 33.1 Å². The monoisotopic (exact) mass is 367 g/mol. The van der Waals surface area contributed by atoms with Gasteiger partial charge in [0.1, 0.15) is 0 Å². The number of hydrogen-bond acceptors (Lipinski definition) is 2. The average Bonchev–Trinajstić information content (AvgIpc) is 2.52. The Kier molecular flexibility index (Phi) is 6.55. The van der Waals surface area contributed by atoms with Crippen LogP contribution >= 0.6 is 15.9 Å². The lowest BCUT2D eigenvalue weighted by Crippen LogP contribution is -2.52. The third-order valence-corrected chi connectivity index (χ3v) is 4.62. The zero-order valence-corrected chi connectivity index (χ0v) is 15.2. The quantitative estimate of drug-likeness (QED) is 0.803. The van der Waals surface area contributed by atoms with Gasteiger partial charge >= 0.3 is 6.03 Å². The van der Waals surface area contributed by atoms with Crippen LogP contribution in [0.2, 0.25) is 0 Å². The van der Waals surface area contributed by atoms with Crippen molar-refractivity contribution in [2.24, 2.45) is 0 Å². The summed E-state index contributed by atoms with van der Waals surface area (Å²) in [6, 6.07) is 6.46. The summed E-state index contributed by atoms with van der Waals surface area (Å²) in [6.07, 6.45) is 3.43. The van der Waals surface area contributed by atoms with Crippen LogP contribution in [0.25, 0.3) is 0 Å². The number of benzene rings is 1. The molecule has 1 fully saturated rings. The molecule has 2 amide bonds. The second-order valence-corrected chi connectivity index (χ2v) is 6.76. The summed E-state index contributed by atoms with van der Waals surface area (Å²) in [4.78, 5) is 16.4. The van der Waals surface area contributed by atoms with Crippen molar-refractivity contribution in [3.63, 3.8) is 0 Å². The molecule has 0 radical (unpaired) electrons. The van der Waals surface area contributed by atoms with Crippen LogP contribution in [0, 0.1) is 6.92 Å². The molecule has 1 heterocycles. The maximum absolute atomic E-state index is 12.1. The molecule has 4 nitrogen and oxygen atoms in total. The van der Waals surface area contributed by atoms with Crippen molar-refractivity contribution in [1.82, 2.24) is 10.2 Å². The molecule has 1 aromatic carbocycles. The summed E-state index contributed by atoms with van der Waals surface area (Å²) in [6.45, 7) is 8.46. The predicted octanol–water partition coefficient (Wildman–Crippen LogP) is 3.78. The maximum atomic E-state index is 12.1. The molecule has 5 heteroatoms. The molecule has 0 aliphatic carbocycles. The normalized spacial score (nSPS) is 15.0. The Hall–Kier alpha value is -1.23. The number of rotatable bonds is 5. The van der Waals surface area contributed by atoms with Crippen molar-refractivity contribution in [3.8, 4) is 0 Å². The third kappa shape index (κ3) is 4.63. The molecule has 1 aliphatic rings. The number of amides is 2. The van der Waals surface area contributed by atoms with E-state index in [1.165, 1.54) is 24.1 Å². The van der Waals surface area contributed by atoms with Gasteiger partial charge in [-0.1, -0.05) is 35.7 Å². The van der Waals surface area contributed by atoms with Gasteiger partial charge in [0.15, 0.2) is 0 Å². The van der Waals surface area contributed by atoms with Crippen LogP contribution in [0.5, 0.6) is 0 Å². The molecule has 1 aromatic rings. The number of anilines is 1. The molecule has 2 rings (SSSR count). The highest BCUT2D eigenvalue weighted by Crippen LogP contribution is 2.24. The topological polar surface area (TPSA) is 35.6 Å². The molecule has 1 aliphatic heterocycles. The first kappa shape index (κ1) is 17.1. The van der Waals surface area contributed by atoms with Gasteiger partial charge in [0, 0.05) is 42.9 Å².